The molecule has 39 heavy (non-hydrogen) atoms. The summed E-state index contributed by atoms with van der Waals surface area (Å²) in [7, 11) is -3.21. The van der Waals surface area contributed by atoms with Gasteiger partial charge in [-0.05, 0) is 42.9 Å². The molecule has 1 N–H and O–H groups in total. The molecule has 2 aromatic carbocycles. The number of sulfonamides is 1. The Morgan fingerprint density at radius 3 is 2.31 bits per heavy atom. The Hall–Kier alpha value is -2.81. The van der Waals surface area contributed by atoms with Crippen LogP contribution in [0.4, 0.5) is 0 Å². The molecule has 0 bridgehead atoms. The van der Waals surface area contributed by atoms with Crippen molar-refractivity contribution >= 4 is 26.8 Å². The third-order valence-electron chi connectivity index (χ3n) is 8.42. The number of rotatable bonds is 8. The number of piperazine rings is 1. The van der Waals surface area contributed by atoms with Gasteiger partial charge in [-0.15, -0.1) is 0 Å². The van der Waals surface area contributed by atoms with Crippen molar-refractivity contribution in [1.82, 2.24) is 19.5 Å². The number of nitrogens with one attached hydrogen (secondary N) is 1. The molecule has 1 amide bonds. The smallest absolute Gasteiger partial charge is 0.224 e. The largest absolute Gasteiger partial charge is 0.353 e. The van der Waals surface area contributed by atoms with E-state index in [2.05, 4.69) is 35.3 Å². The minimum atomic E-state index is -3.21. The molecule has 1 atom stereocenters. The highest BCUT2D eigenvalue weighted by Gasteiger charge is 2.27. The maximum atomic E-state index is 13.5. The first kappa shape index (κ1) is 27.7. The van der Waals surface area contributed by atoms with Gasteiger partial charge in [0.15, 0.2) is 0 Å². The van der Waals surface area contributed by atoms with E-state index in [1.807, 2.05) is 36.4 Å². The summed E-state index contributed by atoms with van der Waals surface area (Å²) in [5, 5.41) is 4.33. The van der Waals surface area contributed by atoms with Gasteiger partial charge >= 0.3 is 0 Å². The second kappa shape index (κ2) is 12.1. The number of carbonyl (C=O) groups excluding carboxylic acids is 1. The standard InChI is InChI=1S/C31H40N4O3S/c1-23(24-11-5-3-6-12-24)32-30(36)21-27-26-15-9-10-16-29(26)33-31(25-13-7-4-8-14-25)28(27)22-34-17-19-35(20-18-34)39(2,37)38/h4,7-10,13-16,23-24H,3,5-6,11-12,17-22H2,1-2H3,(H,32,36)/t23-/m0/s1. The Kier molecular flexibility index (Phi) is 8.64. The molecule has 5 rings (SSSR count). The molecule has 3 aromatic rings. The van der Waals surface area contributed by atoms with Crippen molar-refractivity contribution in [3.8, 4) is 11.3 Å². The Morgan fingerprint density at radius 2 is 1.62 bits per heavy atom. The fraction of sp³-hybridized carbons (Fsp3) is 0.484. The third kappa shape index (κ3) is 6.68. The van der Waals surface area contributed by atoms with Crippen LogP contribution in [0.15, 0.2) is 54.6 Å². The number of amides is 1. The van der Waals surface area contributed by atoms with Crippen LogP contribution in [0.5, 0.6) is 0 Å². The van der Waals surface area contributed by atoms with Gasteiger partial charge < -0.3 is 5.32 Å². The highest BCUT2D eigenvalue weighted by atomic mass is 32.2. The van der Waals surface area contributed by atoms with Crippen LogP contribution in [0.3, 0.4) is 0 Å². The van der Waals surface area contributed by atoms with Crippen molar-refractivity contribution in [2.24, 2.45) is 5.92 Å². The minimum Gasteiger partial charge on any atom is -0.353 e. The zero-order chi connectivity index (χ0) is 27.4. The van der Waals surface area contributed by atoms with Gasteiger partial charge in [-0.25, -0.2) is 13.4 Å². The summed E-state index contributed by atoms with van der Waals surface area (Å²) in [6.07, 6.45) is 7.72. The van der Waals surface area contributed by atoms with Gasteiger partial charge in [-0.3, -0.25) is 9.69 Å². The van der Waals surface area contributed by atoms with Crippen molar-refractivity contribution in [1.29, 1.82) is 0 Å². The molecule has 208 valence electrons. The van der Waals surface area contributed by atoms with Crippen LogP contribution in [-0.4, -0.2) is 67.0 Å². The molecule has 2 aliphatic rings. The van der Waals surface area contributed by atoms with E-state index in [0.29, 0.717) is 45.1 Å². The van der Waals surface area contributed by atoms with Crippen LogP contribution in [0, 0.1) is 5.92 Å². The average Bonchev–Trinajstić information content (AvgIpc) is 2.94. The lowest BCUT2D eigenvalue weighted by molar-refractivity contribution is -0.121. The van der Waals surface area contributed by atoms with Gasteiger partial charge in [0.2, 0.25) is 15.9 Å². The monoisotopic (exact) mass is 548 g/mol. The van der Waals surface area contributed by atoms with Crippen molar-refractivity contribution in [3.05, 3.63) is 65.7 Å². The van der Waals surface area contributed by atoms with Crippen LogP contribution in [0.1, 0.15) is 50.2 Å². The van der Waals surface area contributed by atoms with Gasteiger partial charge in [0, 0.05) is 49.7 Å². The molecule has 8 heteroatoms. The predicted molar refractivity (Wildman–Crippen MR) is 157 cm³/mol. The number of hydrogen-bond acceptors (Lipinski definition) is 5. The SMILES string of the molecule is C[C@H](NC(=O)Cc1c(CN2CCN(S(C)(=O)=O)CC2)c(-c2ccccc2)nc2ccccc12)C1CCCCC1. The maximum absolute atomic E-state index is 13.5. The lowest BCUT2D eigenvalue weighted by Crippen LogP contribution is -2.48. The summed E-state index contributed by atoms with van der Waals surface area (Å²) >= 11 is 0. The molecule has 1 aliphatic carbocycles. The molecule has 0 unspecified atom stereocenters. The molecule has 1 saturated carbocycles. The molecule has 0 spiro atoms. The van der Waals surface area contributed by atoms with Gasteiger partial charge in [0.1, 0.15) is 0 Å². The number of fused-ring (bicyclic) bond motifs is 1. The molecule has 0 radical (unpaired) electrons. The fourth-order valence-corrected chi connectivity index (χ4v) is 7.01. The van der Waals surface area contributed by atoms with E-state index in [1.54, 1.807) is 4.31 Å². The zero-order valence-electron chi connectivity index (χ0n) is 23.1. The summed E-state index contributed by atoms with van der Waals surface area (Å²) in [4.78, 5) is 20.9. The summed E-state index contributed by atoms with van der Waals surface area (Å²) < 4.78 is 25.7. The van der Waals surface area contributed by atoms with Crippen molar-refractivity contribution in [2.75, 3.05) is 32.4 Å². The summed E-state index contributed by atoms with van der Waals surface area (Å²) in [5.41, 5.74) is 4.85. The molecule has 2 heterocycles. The van der Waals surface area contributed by atoms with E-state index in [1.165, 1.54) is 38.4 Å². The first-order valence-corrected chi connectivity index (χ1v) is 16.1. The Labute approximate surface area is 232 Å². The normalized spacial score (nSPS) is 18.7. The number of para-hydroxylation sites is 1. The second-order valence-electron chi connectivity index (χ2n) is 11.2. The molecular weight excluding hydrogens is 508 g/mol. The highest BCUT2D eigenvalue weighted by Crippen LogP contribution is 2.32. The molecule has 7 nitrogen and oxygen atoms in total. The van der Waals surface area contributed by atoms with E-state index in [-0.39, 0.29) is 11.9 Å². The molecular formula is C31H40N4O3S. The Balaban J connectivity index is 1.49. The van der Waals surface area contributed by atoms with Gasteiger partial charge in [0.25, 0.3) is 0 Å². The van der Waals surface area contributed by atoms with E-state index < -0.39 is 10.0 Å². The van der Waals surface area contributed by atoms with E-state index in [0.717, 1.165) is 33.3 Å². The molecule has 1 aromatic heterocycles. The van der Waals surface area contributed by atoms with Crippen LogP contribution in [0.2, 0.25) is 0 Å². The van der Waals surface area contributed by atoms with Gasteiger partial charge in [-0.1, -0.05) is 67.8 Å². The van der Waals surface area contributed by atoms with E-state index in [9.17, 15) is 13.2 Å². The number of hydrogen-bond donors (Lipinski definition) is 1. The highest BCUT2D eigenvalue weighted by molar-refractivity contribution is 7.88. The third-order valence-corrected chi connectivity index (χ3v) is 9.73. The van der Waals surface area contributed by atoms with Crippen LogP contribution in [0.25, 0.3) is 22.2 Å². The summed E-state index contributed by atoms with van der Waals surface area (Å²) in [6, 6.07) is 18.4. The predicted octanol–water partition coefficient (Wildman–Crippen LogP) is 4.61. The second-order valence-corrected chi connectivity index (χ2v) is 13.2. The minimum absolute atomic E-state index is 0.0478. The van der Waals surface area contributed by atoms with E-state index >= 15 is 0 Å². The lowest BCUT2D eigenvalue weighted by Gasteiger charge is -2.34. The quantitative estimate of drug-likeness (QED) is 0.445. The number of pyridine rings is 1. The Bertz CT molecular complexity index is 1400. The van der Waals surface area contributed by atoms with Crippen LogP contribution >= 0.6 is 0 Å². The van der Waals surface area contributed by atoms with Crippen LogP contribution < -0.4 is 5.32 Å². The average molecular weight is 549 g/mol. The van der Waals surface area contributed by atoms with Gasteiger partial charge in [0.05, 0.1) is 23.9 Å². The molecule has 1 aliphatic heterocycles. The summed E-state index contributed by atoms with van der Waals surface area (Å²) in [6.45, 7) is 4.97. The maximum Gasteiger partial charge on any atom is 0.224 e. The number of carbonyl (C=O) groups is 1. The van der Waals surface area contributed by atoms with Crippen molar-refractivity contribution in [2.45, 2.75) is 58.0 Å². The lowest BCUT2D eigenvalue weighted by atomic mass is 9.84. The van der Waals surface area contributed by atoms with E-state index in [4.69, 9.17) is 4.98 Å². The zero-order valence-corrected chi connectivity index (χ0v) is 23.9. The topological polar surface area (TPSA) is 82.6 Å². The number of benzene rings is 2. The van der Waals surface area contributed by atoms with Crippen molar-refractivity contribution < 1.29 is 13.2 Å². The first-order valence-electron chi connectivity index (χ1n) is 14.2. The van der Waals surface area contributed by atoms with Crippen LogP contribution in [-0.2, 0) is 27.8 Å². The number of aromatic nitrogens is 1. The first-order chi connectivity index (χ1) is 18.8. The summed E-state index contributed by atoms with van der Waals surface area (Å²) in [5.74, 6) is 0.592. The molecule has 2 fully saturated rings. The number of nitrogens with zero attached hydrogens (tertiary/aromatic N) is 3. The molecule has 1 saturated heterocycles. The Morgan fingerprint density at radius 1 is 0.949 bits per heavy atom. The van der Waals surface area contributed by atoms with Crippen molar-refractivity contribution in [3.63, 3.8) is 0 Å². The van der Waals surface area contributed by atoms with Gasteiger partial charge in [-0.2, -0.15) is 4.31 Å². The fourth-order valence-electron chi connectivity index (χ4n) is 6.19.